The molecule has 0 aliphatic carbocycles. The molecule has 1 heterocycles. The van der Waals surface area contributed by atoms with Gasteiger partial charge in [0, 0.05) is 5.69 Å². The highest BCUT2D eigenvalue weighted by Crippen LogP contribution is 2.18. The van der Waals surface area contributed by atoms with Crippen molar-refractivity contribution >= 4 is 11.8 Å². The minimum absolute atomic E-state index is 0.0733. The molecule has 96 valence electrons. The van der Waals surface area contributed by atoms with Crippen molar-refractivity contribution in [3.63, 3.8) is 0 Å². The van der Waals surface area contributed by atoms with Gasteiger partial charge in [0.1, 0.15) is 12.1 Å². The monoisotopic (exact) mass is 256 g/mol. The van der Waals surface area contributed by atoms with Crippen LogP contribution in [0.4, 0.5) is 5.82 Å². The number of aromatic nitrogens is 2. The quantitative estimate of drug-likeness (QED) is 0.840. The molecule has 0 spiro atoms. The van der Waals surface area contributed by atoms with Crippen LogP contribution in [-0.4, -0.2) is 22.1 Å². The Kier molecular flexibility index (Phi) is 3.48. The summed E-state index contributed by atoms with van der Waals surface area (Å²) in [6.07, 6.45) is 1.43. The molecule has 0 radical (unpaired) electrons. The Morgan fingerprint density at radius 1 is 1.58 bits per heavy atom. The number of benzene rings is 1. The summed E-state index contributed by atoms with van der Waals surface area (Å²) in [6, 6.07) is 8.89. The Bertz CT molecular complexity index is 655. The van der Waals surface area contributed by atoms with Crippen molar-refractivity contribution in [2.75, 3.05) is 12.3 Å². The van der Waals surface area contributed by atoms with E-state index in [1.807, 2.05) is 6.07 Å². The summed E-state index contributed by atoms with van der Waals surface area (Å²) in [5.74, 6) is -0.372. The number of imidazole rings is 1. The van der Waals surface area contributed by atoms with Gasteiger partial charge in [-0.05, 0) is 25.1 Å². The lowest BCUT2D eigenvalue weighted by atomic mass is 10.2. The van der Waals surface area contributed by atoms with Gasteiger partial charge < -0.3 is 10.5 Å². The molecule has 2 N–H and O–H groups in total. The van der Waals surface area contributed by atoms with Gasteiger partial charge in [0.25, 0.3) is 0 Å². The topological polar surface area (TPSA) is 93.9 Å². The van der Waals surface area contributed by atoms with Gasteiger partial charge in [0.05, 0.1) is 18.2 Å². The van der Waals surface area contributed by atoms with Crippen LogP contribution in [0.15, 0.2) is 30.6 Å². The zero-order chi connectivity index (χ0) is 13.8. The highest BCUT2D eigenvalue weighted by atomic mass is 16.5. The first kappa shape index (κ1) is 12.6. The molecule has 0 atom stereocenters. The molecule has 19 heavy (non-hydrogen) atoms. The Morgan fingerprint density at radius 3 is 3.05 bits per heavy atom. The number of nitrogen functional groups attached to an aromatic ring is 1. The maximum absolute atomic E-state index is 11.6. The number of hydrogen-bond donors (Lipinski definition) is 1. The van der Waals surface area contributed by atoms with Gasteiger partial charge in [0.15, 0.2) is 5.69 Å². The van der Waals surface area contributed by atoms with Crippen molar-refractivity contribution in [3.8, 4) is 11.8 Å². The number of esters is 1. The molecule has 2 aromatic rings. The van der Waals surface area contributed by atoms with Crippen LogP contribution in [0.1, 0.15) is 23.0 Å². The zero-order valence-corrected chi connectivity index (χ0v) is 10.3. The second-order valence-electron chi connectivity index (χ2n) is 3.73. The van der Waals surface area contributed by atoms with Gasteiger partial charge >= 0.3 is 5.97 Å². The normalized spacial score (nSPS) is 9.89. The molecule has 2 rings (SSSR count). The van der Waals surface area contributed by atoms with Gasteiger partial charge in [-0.3, -0.25) is 4.57 Å². The third-order valence-corrected chi connectivity index (χ3v) is 2.53. The molecule has 0 bridgehead atoms. The van der Waals surface area contributed by atoms with Crippen LogP contribution < -0.4 is 5.73 Å². The summed E-state index contributed by atoms with van der Waals surface area (Å²) in [7, 11) is 0. The molecular formula is C13H12N4O2. The van der Waals surface area contributed by atoms with E-state index in [4.69, 9.17) is 15.7 Å². The minimum atomic E-state index is -0.560. The van der Waals surface area contributed by atoms with Gasteiger partial charge in [-0.25, -0.2) is 9.78 Å². The van der Waals surface area contributed by atoms with Crippen molar-refractivity contribution in [1.29, 1.82) is 5.26 Å². The van der Waals surface area contributed by atoms with Gasteiger partial charge in [-0.15, -0.1) is 0 Å². The maximum Gasteiger partial charge on any atom is 0.360 e. The molecule has 0 saturated carbocycles. The van der Waals surface area contributed by atoms with E-state index >= 15 is 0 Å². The van der Waals surface area contributed by atoms with Crippen LogP contribution in [0.3, 0.4) is 0 Å². The van der Waals surface area contributed by atoms with E-state index < -0.39 is 5.97 Å². The molecule has 0 fully saturated rings. The predicted octanol–water partition coefficient (Wildman–Crippen LogP) is 1.50. The number of nitrogens with two attached hydrogens (primary N) is 1. The molecule has 0 amide bonds. The zero-order valence-electron chi connectivity index (χ0n) is 10.3. The standard InChI is InChI=1S/C13H12N4O2/c1-2-19-13(18)11-12(15)17(8-16-11)10-5-3-4-9(6-10)7-14/h3-6,8H,2,15H2,1H3. The first-order chi connectivity index (χ1) is 9.17. The Morgan fingerprint density at radius 2 is 2.37 bits per heavy atom. The van der Waals surface area contributed by atoms with Crippen molar-refractivity contribution in [2.24, 2.45) is 0 Å². The van der Waals surface area contributed by atoms with E-state index in [1.54, 1.807) is 31.2 Å². The van der Waals surface area contributed by atoms with E-state index in [9.17, 15) is 4.79 Å². The van der Waals surface area contributed by atoms with E-state index in [1.165, 1.54) is 10.9 Å². The highest BCUT2D eigenvalue weighted by Gasteiger charge is 2.17. The number of rotatable bonds is 3. The number of ether oxygens (including phenoxy) is 1. The average molecular weight is 256 g/mol. The molecule has 0 aliphatic rings. The summed E-state index contributed by atoms with van der Waals surface area (Å²) < 4.78 is 6.39. The molecule has 6 nitrogen and oxygen atoms in total. The van der Waals surface area contributed by atoms with Crippen LogP contribution in [0.2, 0.25) is 0 Å². The van der Waals surface area contributed by atoms with Crippen molar-refractivity contribution in [2.45, 2.75) is 6.92 Å². The summed E-state index contributed by atoms with van der Waals surface area (Å²) in [6.45, 7) is 1.97. The molecule has 0 saturated heterocycles. The molecule has 0 aliphatic heterocycles. The SMILES string of the molecule is CCOC(=O)c1ncn(-c2cccc(C#N)c2)c1N. The van der Waals surface area contributed by atoms with Crippen LogP contribution >= 0.6 is 0 Å². The second kappa shape index (κ2) is 5.23. The average Bonchev–Trinajstić information content (AvgIpc) is 2.81. The smallest absolute Gasteiger partial charge is 0.360 e. The summed E-state index contributed by atoms with van der Waals surface area (Å²) in [5.41, 5.74) is 7.12. The largest absolute Gasteiger partial charge is 0.461 e. The van der Waals surface area contributed by atoms with E-state index in [2.05, 4.69) is 4.98 Å². The molecule has 1 aromatic heterocycles. The third-order valence-electron chi connectivity index (χ3n) is 2.53. The number of nitriles is 1. The first-order valence-corrected chi connectivity index (χ1v) is 5.67. The fourth-order valence-corrected chi connectivity index (χ4v) is 1.65. The summed E-state index contributed by atoms with van der Waals surface area (Å²) >= 11 is 0. The molecule has 0 unspecified atom stereocenters. The molecular weight excluding hydrogens is 244 g/mol. The third kappa shape index (κ3) is 2.40. The van der Waals surface area contributed by atoms with Crippen LogP contribution in [0, 0.1) is 11.3 Å². The highest BCUT2D eigenvalue weighted by molar-refractivity contribution is 5.92. The fraction of sp³-hybridized carbons (Fsp3) is 0.154. The lowest BCUT2D eigenvalue weighted by Gasteiger charge is -2.05. The van der Waals surface area contributed by atoms with Crippen molar-refractivity contribution < 1.29 is 9.53 Å². The first-order valence-electron chi connectivity index (χ1n) is 5.67. The van der Waals surface area contributed by atoms with E-state index in [0.29, 0.717) is 11.3 Å². The molecule has 1 aromatic carbocycles. The number of carbonyl (C=O) groups excluding carboxylic acids is 1. The van der Waals surface area contributed by atoms with E-state index in [0.717, 1.165) is 0 Å². The second-order valence-corrected chi connectivity index (χ2v) is 3.73. The fourth-order valence-electron chi connectivity index (χ4n) is 1.65. The van der Waals surface area contributed by atoms with Gasteiger partial charge in [0.2, 0.25) is 0 Å². The number of carbonyl (C=O) groups is 1. The number of nitrogens with zero attached hydrogens (tertiary/aromatic N) is 3. The minimum Gasteiger partial charge on any atom is -0.461 e. The van der Waals surface area contributed by atoms with Crippen molar-refractivity contribution in [3.05, 3.63) is 41.9 Å². The summed E-state index contributed by atoms with van der Waals surface area (Å²) in [5, 5.41) is 8.86. The van der Waals surface area contributed by atoms with Crippen molar-refractivity contribution in [1.82, 2.24) is 9.55 Å². The Balaban J connectivity index is 2.42. The Hall–Kier alpha value is -2.81. The Labute approximate surface area is 110 Å². The predicted molar refractivity (Wildman–Crippen MR) is 68.6 cm³/mol. The lowest BCUT2D eigenvalue weighted by molar-refractivity contribution is 0.0521. The van der Waals surface area contributed by atoms with Gasteiger partial charge in [-0.1, -0.05) is 6.07 Å². The van der Waals surface area contributed by atoms with E-state index in [-0.39, 0.29) is 18.1 Å². The van der Waals surface area contributed by atoms with Gasteiger partial charge in [-0.2, -0.15) is 5.26 Å². The summed E-state index contributed by atoms with van der Waals surface area (Å²) in [4.78, 5) is 15.5. The van der Waals surface area contributed by atoms with Crippen LogP contribution in [0.25, 0.3) is 5.69 Å². The number of anilines is 1. The van der Waals surface area contributed by atoms with Crippen LogP contribution in [0.5, 0.6) is 0 Å². The lowest BCUT2D eigenvalue weighted by Crippen LogP contribution is -2.09. The maximum atomic E-state index is 11.6. The number of hydrogen-bond acceptors (Lipinski definition) is 5. The van der Waals surface area contributed by atoms with Crippen LogP contribution in [-0.2, 0) is 4.74 Å². The molecule has 6 heteroatoms.